The molecular weight excluding hydrogens is 282 g/mol. The Balaban J connectivity index is 1.74. The summed E-state index contributed by atoms with van der Waals surface area (Å²) < 4.78 is 5.19. The first-order valence-corrected chi connectivity index (χ1v) is 8.08. The number of nitrogens with zero attached hydrogens (tertiary/aromatic N) is 2. The molecule has 2 aromatic rings. The molecule has 1 aromatic carbocycles. The maximum absolute atomic E-state index is 6.18. The van der Waals surface area contributed by atoms with Gasteiger partial charge in [-0.2, -0.15) is 0 Å². The fraction of sp³-hybridized carbons (Fsp3) is 0.438. The van der Waals surface area contributed by atoms with Gasteiger partial charge in [0.1, 0.15) is 5.75 Å². The second-order valence-electron chi connectivity index (χ2n) is 5.51. The lowest BCUT2D eigenvalue weighted by Gasteiger charge is -2.16. The van der Waals surface area contributed by atoms with Gasteiger partial charge in [0.05, 0.1) is 12.8 Å². The van der Waals surface area contributed by atoms with Crippen molar-refractivity contribution in [2.75, 3.05) is 19.1 Å². The number of anilines is 1. The van der Waals surface area contributed by atoms with Crippen LogP contribution in [0.2, 0.25) is 0 Å². The number of hydrogen-bond donors (Lipinski definition) is 1. The summed E-state index contributed by atoms with van der Waals surface area (Å²) in [4.78, 5) is 8.24. The zero-order valence-electron chi connectivity index (χ0n) is 12.5. The van der Waals surface area contributed by atoms with Crippen molar-refractivity contribution in [1.82, 2.24) is 4.98 Å². The van der Waals surface area contributed by atoms with Crippen molar-refractivity contribution in [3.63, 3.8) is 0 Å². The molecule has 112 valence electrons. The van der Waals surface area contributed by atoms with Crippen molar-refractivity contribution in [3.05, 3.63) is 40.4 Å². The highest BCUT2D eigenvalue weighted by Crippen LogP contribution is 2.36. The molecule has 0 aliphatic heterocycles. The minimum atomic E-state index is 0.175. The van der Waals surface area contributed by atoms with E-state index in [9.17, 15) is 0 Å². The molecule has 0 saturated carbocycles. The van der Waals surface area contributed by atoms with Crippen LogP contribution in [0.25, 0.3) is 0 Å². The first kappa shape index (κ1) is 14.4. The van der Waals surface area contributed by atoms with E-state index in [2.05, 4.69) is 24.1 Å². The predicted octanol–water partition coefficient (Wildman–Crippen LogP) is 3.12. The van der Waals surface area contributed by atoms with E-state index in [1.165, 1.54) is 16.1 Å². The van der Waals surface area contributed by atoms with Crippen LogP contribution in [0.5, 0.6) is 5.75 Å². The number of rotatable bonds is 4. The van der Waals surface area contributed by atoms with Gasteiger partial charge < -0.3 is 15.4 Å². The maximum atomic E-state index is 6.18. The van der Waals surface area contributed by atoms with Crippen LogP contribution in [0.15, 0.2) is 24.3 Å². The van der Waals surface area contributed by atoms with Crippen molar-refractivity contribution < 1.29 is 4.74 Å². The Kier molecular flexibility index (Phi) is 4.12. The van der Waals surface area contributed by atoms with E-state index in [4.69, 9.17) is 15.5 Å². The monoisotopic (exact) mass is 303 g/mol. The molecule has 0 fully saturated rings. The summed E-state index contributed by atoms with van der Waals surface area (Å²) >= 11 is 1.74. The standard InChI is InChI=1S/C16H21N3OS/c1-19(10-11-6-8-12(20-2)9-7-11)16-18-14-5-3-4-13(17)15(14)21-16/h6-9,13H,3-5,10,17H2,1-2H3. The quantitative estimate of drug-likeness (QED) is 0.943. The lowest BCUT2D eigenvalue weighted by molar-refractivity contribution is 0.414. The highest BCUT2D eigenvalue weighted by molar-refractivity contribution is 7.15. The number of methoxy groups -OCH3 is 1. The van der Waals surface area contributed by atoms with Crippen molar-refractivity contribution in [1.29, 1.82) is 0 Å². The molecule has 0 amide bonds. The molecule has 0 spiro atoms. The molecule has 0 radical (unpaired) electrons. The Morgan fingerprint density at radius 2 is 2.14 bits per heavy atom. The third-order valence-electron chi connectivity index (χ3n) is 3.89. The van der Waals surface area contributed by atoms with Gasteiger partial charge in [0.15, 0.2) is 5.13 Å². The number of nitrogens with two attached hydrogens (primary N) is 1. The molecule has 4 nitrogen and oxygen atoms in total. The Bertz CT molecular complexity index is 608. The predicted molar refractivity (Wildman–Crippen MR) is 87.1 cm³/mol. The van der Waals surface area contributed by atoms with E-state index < -0.39 is 0 Å². The van der Waals surface area contributed by atoms with Crippen molar-refractivity contribution in [2.24, 2.45) is 5.73 Å². The van der Waals surface area contributed by atoms with Gasteiger partial charge >= 0.3 is 0 Å². The molecule has 1 atom stereocenters. The minimum Gasteiger partial charge on any atom is -0.497 e. The van der Waals surface area contributed by atoms with E-state index in [1.807, 2.05) is 12.1 Å². The van der Waals surface area contributed by atoms with Crippen LogP contribution in [-0.4, -0.2) is 19.1 Å². The minimum absolute atomic E-state index is 0.175. The van der Waals surface area contributed by atoms with Gasteiger partial charge in [-0.25, -0.2) is 4.98 Å². The molecule has 1 aliphatic rings. The molecule has 1 unspecified atom stereocenters. The molecule has 1 aromatic heterocycles. The van der Waals surface area contributed by atoms with Gasteiger partial charge in [0, 0.05) is 24.5 Å². The summed E-state index contributed by atoms with van der Waals surface area (Å²) in [7, 11) is 3.77. The molecule has 5 heteroatoms. The molecular formula is C16H21N3OS. The third-order valence-corrected chi connectivity index (χ3v) is 5.23. The summed E-state index contributed by atoms with van der Waals surface area (Å²) in [6.07, 6.45) is 3.30. The fourth-order valence-electron chi connectivity index (χ4n) is 2.68. The number of hydrogen-bond acceptors (Lipinski definition) is 5. The van der Waals surface area contributed by atoms with Crippen LogP contribution in [0.1, 0.15) is 35.0 Å². The van der Waals surface area contributed by atoms with Crippen molar-refractivity contribution in [2.45, 2.75) is 31.8 Å². The van der Waals surface area contributed by atoms with Crippen LogP contribution < -0.4 is 15.4 Å². The Morgan fingerprint density at radius 1 is 1.38 bits per heavy atom. The van der Waals surface area contributed by atoms with Crippen LogP contribution in [-0.2, 0) is 13.0 Å². The topological polar surface area (TPSA) is 51.4 Å². The van der Waals surface area contributed by atoms with Crippen LogP contribution >= 0.6 is 11.3 Å². The van der Waals surface area contributed by atoms with Crippen molar-refractivity contribution in [3.8, 4) is 5.75 Å². The maximum Gasteiger partial charge on any atom is 0.185 e. The lowest BCUT2D eigenvalue weighted by atomic mass is 9.99. The lowest BCUT2D eigenvalue weighted by Crippen LogP contribution is -2.16. The molecule has 1 aliphatic carbocycles. The summed E-state index contributed by atoms with van der Waals surface area (Å²) in [6, 6.07) is 8.34. The average molecular weight is 303 g/mol. The fourth-order valence-corrected chi connectivity index (χ4v) is 3.78. The Morgan fingerprint density at radius 3 is 2.81 bits per heavy atom. The zero-order valence-corrected chi connectivity index (χ0v) is 13.3. The summed E-state index contributed by atoms with van der Waals surface area (Å²) in [5.74, 6) is 0.886. The Labute approximate surface area is 129 Å². The number of benzene rings is 1. The van der Waals surface area contributed by atoms with Gasteiger partial charge in [-0.05, 0) is 37.0 Å². The normalized spacial score (nSPS) is 17.4. The first-order chi connectivity index (χ1) is 10.2. The molecule has 3 rings (SSSR count). The molecule has 0 saturated heterocycles. The van der Waals surface area contributed by atoms with Gasteiger partial charge in [-0.3, -0.25) is 0 Å². The largest absolute Gasteiger partial charge is 0.497 e. The van der Waals surface area contributed by atoms with E-state index in [0.29, 0.717) is 0 Å². The number of aromatic nitrogens is 1. The second kappa shape index (κ2) is 6.03. The van der Waals surface area contributed by atoms with Crippen LogP contribution in [0.3, 0.4) is 0 Å². The van der Waals surface area contributed by atoms with Gasteiger partial charge in [-0.15, -0.1) is 0 Å². The Hall–Kier alpha value is -1.59. The van der Waals surface area contributed by atoms with Crippen molar-refractivity contribution >= 4 is 16.5 Å². The number of thiazole rings is 1. The summed E-state index contributed by atoms with van der Waals surface area (Å²) in [5, 5.41) is 1.06. The van der Waals surface area contributed by atoms with Gasteiger partial charge in [-0.1, -0.05) is 23.5 Å². The first-order valence-electron chi connectivity index (χ1n) is 7.26. The van der Waals surface area contributed by atoms with E-state index in [0.717, 1.165) is 36.7 Å². The van der Waals surface area contributed by atoms with E-state index in [-0.39, 0.29) is 6.04 Å². The second-order valence-corrected chi connectivity index (χ2v) is 6.52. The van der Waals surface area contributed by atoms with Crippen LogP contribution in [0, 0.1) is 0 Å². The van der Waals surface area contributed by atoms with Gasteiger partial charge in [0.25, 0.3) is 0 Å². The highest BCUT2D eigenvalue weighted by Gasteiger charge is 2.22. The SMILES string of the molecule is COc1ccc(CN(C)c2nc3c(s2)C(N)CCC3)cc1. The molecule has 1 heterocycles. The highest BCUT2D eigenvalue weighted by atomic mass is 32.1. The number of fused-ring (bicyclic) bond motifs is 1. The number of ether oxygens (including phenoxy) is 1. The molecule has 21 heavy (non-hydrogen) atoms. The van der Waals surface area contributed by atoms with Crippen LogP contribution in [0.4, 0.5) is 5.13 Å². The van der Waals surface area contributed by atoms with Gasteiger partial charge in [0.2, 0.25) is 0 Å². The molecule has 2 N–H and O–H groups in total. The summed E-state index contributed by atoms with van der Waals surface area (Å²) in [5.41, 5.74) is 8.63. The summed E-state index contributed by atoms with van der Waals surface area (Å²) in [6.45, 7) is 0.839. The zero-order chi connectivity index (χ0) is 14.8. The number of aryl methyl sites for hydroxylation is 1. The average Bonchev–Trinajstić information content (AvgIpc) is 2.94. The van der Waals surface area contributed by atoms with E-state index >= 15 is 0 Å². The third kappa shape index (κ3) is 3.04. The smallest absolute Gasteiger partial charge is 0.185 e. The van der Waals surface area contributed by atoms with E-state index in [1.54, 1.807) is 18.4 Å². The molecule has 0 bridgehead atoms.